The number of rotatable bonds is 7. The Kier molecular flexibility index (Phi) is 5.75. The van der Waals surface area contributed by atoms with Crippen molar-refractivity contribution in [1.29, 1.82) is 0 Å². The molecule has 0 aliphatic rings. The van der Waals surface area contributed by atoms with Crippen molar-refractivity contribution in [3.63, 3.8) is 0 Å². The average molecular weight is 301 g/mol. The van der Waals surface area contributed by atoms with Crippen molar-refractivity contribution in [2.24, 2.45) is 0 Å². The largest absolute Gasteiger partial charge is 0.396 e. The number of aliphatic hydroxyl groups is 1. The summed E-state index contributed by atoms with van der Waals surface area (Å²) < 4.78 is 1.99. The van der Waals surface area contributed by atoms with Gasteiger partial charge in [0, 0.05) is 31.5 Å². The van der Waals surface area contributed by atoms with Gasteiger partial charge in [0.25, 0.3) is 0 Å². The van der Waals surface area contributed by atoms with Crippen LogP contribution in [0.5, 0.6) is 0 Å². The maximum Gasteiger partial charge on any atom is 0.0543 e. The zero-order valence-corrected chi connectivity index (χ0v) is 13.8. The smallest absolute Gasteiger partial charge is 0.0543 e. The lowest BCUT2D eigenvalue weighted by molar-refractivity contribution is 0.273. The Hall–Kier alpha value is -1.65. The lowest BCUT2D eigenvalue weighted by Crippen LogP contribution is -2.23. The van der Waals surface area contributed by atoms with Crippen LogP contribution in [0, 0.1) is 0 Å². The lowest BCUT2D eigenvalue weighted by atomic mass is 9.96. The summed E-state index contributed by atoms with van der Waals surface area (Å²) in [5.41, 5.74) is 2.47. The van der Waals surface area contributed by atoms with E-state index in [0.29, 0.717) is 5.92 Å². The first kappa shape index (κ1) is 16.7. The first-order valence-electron chi connectivity index (χ1n) is 7.91. The Morgan fingerprint density at radius 3 is 2.55 bits per heavy atom. The molecule has 0 saturated carbocycles. The highest BCUT2D eigenvalue weighted by Gasteiger charge is 2.14. The minimum Gasteiger partial charge on any atom is -0.396 e. The fourth-order valence-corrected chi connectivity index (χ4v) is 2.48. The maximum absolute atomic E-state index is 9.27. The van der Waals surface area contributed by atoms with Crippen molar-refractivity contribution >= 4 is 0 Å². The second kappa shape index (κ2) is 7.56. The van der Waals surface area contributed by atoms with Gasteiger partial charge in [0.05, 0.1) is 11.7 Å². The molecule has 4 nitrogen and oxygen atoms in total. The van der Waals surface area contributed by atoms with Crippen molar-refractivity contribution in [1.82, 2.24) is 15.1 Å². The average Bonchev–Trinajstić information content (AvgIpc) is 2.96. The standard InChI is InChI=1S/C18H27N3O/c1-18(2,3)21-14-15(12-20-21)11-19-13-17(9-10-22)16-7-5-4-6-8-16/h4-8,12,14,17,19,22H,9-11,13H2,1-3H3. The Labute approximate surface area is 133 Å². The van der Waals surface area contributed by atoms with Gasteiger partial charge in [-0.1, -0.05) is 30.3 Å². The Balaban J connectivity index is 1.89. The van der Waals surface area contributed by atoms with Crippen molar-refractivity contribution in [2.75, 3.05) is 13.2 Å². The van der Waals surface area contributed by atoms with Crippen LogP contribution in [0.1, 0.15) is 44.2 Å². The maximum atomic E-state index is 9.27. The summed E-state index contributed by atoms with van der Waals surface area (Å²) >= 11 is 0. The van der Waals surface area contributed by atoms with Crippen LogP contribution in [-0.4, -0.2) is 28.0 Å². The van der Waals surface area contributed by atoms with E-state index in [0.717, 1.165) is 19.5 Å². The third-order valence-electron chi connectivity index (χ3n) is 3.79. The highest BCUT2D eigenvalue weighted by Crippen LogP contribution is 2.18. The minimum atomic E-state index is 0.0156. The summed E-state index contributed by atoms with van der Waals surface area (Å²) in [6.45, 7) is 8.29. The molecule has 0 saturated heterocycles. The molecule has 0 fully saturated rings. The van der Waals surface area contributed by atoms with E-state index in [1.54, 1.807) is 0 Å². The first-order valence-corrected chi connectivity index (χ1v) is 7.91. The van der Waals surface area contributed by atoms with Gasteiger partial charge in [-0.3, -0.25) is 4.68 Å². The molecule has 0 spiro atoms. The SMILES string of the molecule is CC(C)(C)n1cc(CNCC(CCO)c2ccccc2)cn1. The van der Waals surface area contributed by atoms with Crippen molar-refractivity contribution in [2.45, 2.75) is 45.2 Å². The Morgan fingerprint density at radius 1 is 1.23 bits per heavy atom. The molecule has 1 unspecified atom stereocenters. The van der Waals surface area contributed by atoms with Crippen molar-refractivity contribution in [3.8, 4) is 0 Å². The summed E-state index contributed by atoms with van der Waals surface area (Å²) in [7, 11) is 0. The molecule has 0 amide bonds. The van der Waals surface area contributed by atoms with E-state index in [1.165, 1.54) is 11.1 Å². The molecule has 2 N–H and O–H groups in total. The summed E-state index contributed by atoms with van der Waals surface area (Å²) in [6.07, 6.45) is 4.79. The van der Waals surface area contributed by atoms with E-state index in [1.807, 2.05) is 29.1 Å². The predicted molar refractivity (Wildman–Crippen MR) is 89.8 cm³/mol. The number of aromatic nitrogens is 2. The summed E-state index contributed by atoms with van der Waals surface area (Å²) in [4.78, 5) is 0. The van der Waals surface area contributed by atoms with Gasteiger partial charge in [-0.2, -0.15) is 5.10 Å². The van der Waals surface area contributed by atoms with Crippen molar-refractivity contribution < 1.29 is 5.11 Å². The normalized spacial score (nSPS) is 13.3. The fourth-order valence-electron chi connectivity index (χ4n) is 2.48. The third kappa shape index (κ3) is 4.68. The lowest BCUT2D eigenvalue weighted by Gasteiger charge is -2.19. The minimum absolute atomic E-state index is 0.0156. The fraction of sp³-hybridized carbons (Fsp3) is 0.500. The zero-order chi connectivity index (χ0) is 16.0. The third-order valence-corrected chi connectivity index (χ3v) is 3.79. The van der Waals surface area contributed by atoms with Crippen LogP contribution in [0.25, 0.3) is 0 Å². The number of aliphatic hydroxyl groups excluding tert-OH is 1. The molecule has 4 heteroatoms. The van der Waals surface area contributed by atoms with Crippen LogP contribution in [0.4, 0.5) is 0 Å². The number of hydrogen-bond donors (Lipinski definition) is 2. The molecule has 0 aliphatic heterocycles. The summed E-state index contributed by atoms with van der Waals surface area (Å²) in [6, 6.07) is 10.4. The summed E-state index contributed by atoms with van der Waals surface area (Å²) in [5.74, 6) is 0.337. The molecule has 1 aromatic carbocycles. The molecule has 1 aromatic heterocycles. The first-order chi connectivity index (χ1) is 10.5. The molecule has 2 rings (SSSR count). The number of hydrogen-bond acceptors (Lipinski definition) is 3. The molecule has 2 aromatic rings. The zero-order valence-electron chi connectivity index (χ0n) is 13.8. The molecule has 0 aliphatic carbocycles. The van der Waals surface area contributed by atoms with Gasteiger partial charge < -0.3 is 10.4 Å². The van der Waals surface area contributed by atoms with Crippen LogP contribution in [0.3, 0.4) is 0 Å². The molecule has 0 bridgehead atoms. The van der Waals surface area contributed by atoms with Crippen molar-refractivity contribution in [3.05, 3.63) is 53.9 Å². The highest BCUT2D eigenvalue weighted by molar-refractivity contribution is 5.20. The molecule has 120 valence electrons. The van der Waals surface area contributed by atoms with Crippen LogP contribution in [0.15, 0.2) is 42.7 Å². The quantitative estimate of drug-likeness (QED) is 0.827. The molecule has 22 heavy (non-hydrogen) atoms. The second-order valence-electron chi connectivity index (χ2n) is 6.71. The van der Waals surface area contributed by atoms with Gasteiger partial charge in [-0.25, -0.2) is 0 Å². The van der Waals surface area contributed by atoms with Crippen LogP contribution in [-0.2, 0) is 12.1 Å². The number of nitrogens with one attached hydrogen (secondary N) is 1. The van der Waals surface area contributed by atoms with Crippen LogP contribution < -0.4 is 5.32 Å². The number of benzene rings is 1. The second-order valence-corrected chi connectivity index (χ2v) is 6.71. The highest BCUT2D eigenvalue weighted by atomic mass is 16.3. The molecule has 1 atom stereocenters. The molecular formula is C18H27N3O. The van der Waals surface area contributed by atoms with Gasteiger partial charge in [0.2, 0.25) is 0 Å². The van der Waals surface area contributed by atoms with E-state index < -0.39 is 0 Å². The van der Waals surface area contributed by atoms with Crippen LogP contribution in [0.2, 0.25) is 0 Å². The molecular weight excluding hydrogens is 274 g/mol. The van der Waals surface area contributed by atoms with Gasteiger partial charge in [-0.05, 0) is 38.7 Å². The molecule has 1 heterocycles. The van der Waals surface area contributed by atoms with E-state index in [9.17, 15) is 5.11 Å². The number of nitrogens with zero attached hydrogens (tertiary/aromatic N) is 2. The van der Waals surface area contributed by atoms with Gasteiger partial charge >= 0.3 is 0 Å². The van der Waals surface area contributed by atoms with E-state index in [4.69, 9.17) is 0 Å². The van der Waals surface area contributed by atoms with E-state index >= 15 is 0 Å². The monoisotopic (exact) mass is 301 g/mol. The van der Waals surface area contributed by atoms with Gasteiger partial charge in [0.1, 0.15) is 0 Å². The van der Waals surface area contributed by atoms with E-state index in [2.05, 4.69) is 49.5 Å². The molecule has 0 radical (unpaired) electrons. The Bertz CT molecular complexity index is 557. The van der Waals surface area contributed by atoms with Gasteiger partial charge in [0.15, 0.2) is 0 Å². The van der Waals surface area contributed by atoms with E-state index in [-0.39, 0.29) is 12.1 Å². The Morgan fingerprint density at radius 2 is 1.95 bits per heavy atom. The van der Waals surface area contributed by atoms with Gasteiger partial charge in [-0.15, -0.1) is 0 Å². The summed E-state index contributed by atoms with van der Waals surface area (Å²) in [5, 5.41) is 17.2. The predicted octanol–water partition coefficient (Wildman–Crippen LogP) is 2.89. The topological polar surface area (TPSA) is 50.1 Å². The van der Waals surface area contributed by atoms with Crippen LogP contribution >= 0.6 is 0 Å².